The summed E-state index contributed by atoms with van der Waals surface area (Å²) in [5.41, 5.74) is 2.29. The Morgan fingerprint density at radius 2 is 1.73 bits per heavy atom. The van der Waals surface area contributed by atoms with Crippen LogP contribution in [0.5, 0.6) is 5.75 Å². The molecule has 37 heavy (non-hydrogen) atoms. The SMILES string of the molecule is Cc1nn(CC(=O)N(Cc2cccc(OCc3ccc(F)cc3)c2)C2CCCC2)c(=O)c2ccccc12. The highest BCUT2D eigenvalue weighted by molar-refractivity contribution is 5.83. The number of benzene rings is 3. The maximum absolute atomic E-state index is 13.6. The summed E-state index contributed by atoms with van der Waals surface area (Å²) < 4.78 is 20.4. The lowest BCUT2D eigenvalue weighted by Gasteiger charge is -2.29. The van der Waals surface area contributed by atoms with Crippen LogP contribution in [-0.4, -0.2) is 26.6 Å². The zero-order valence-electron chi connectivity index (χ0n) is 20.9. The molecular weight excluding hydrogens is 469 g/mol. The summed E-state index contributed by atoms with van der Waals surface area (Å²) in [6.07, 6.45) is 4.07. The number of aryl methyl sites for hydroxylation is 1. The Balaban J connectivity index is 1.34. The quantitative estimate of drug-likeness (QED) is 0.326. The first kappa shape index (κ1) is 24.7. The lowest BCUT2D eigenvalue weighted by atomic mass is 10.1. The van der Waals surface area contributed by atoms with Gasteiger partial charge in [0.1, 0.15) is 24.7 Å². The molecule has 0 atom stereocenters. The Bertz CT molecular complexity index is 1460. The highest BCUT2D eigenvalue weighted by Crippen LogP contribution is 2.26. The van der Waals surface area contributed by atoms with E-state index in [0.717, 1.165) is 47.9 Å². The van der Waals surface area contributed by atoms with Crippen molar-refractivity contribution in [1.29, 1.82) is 0 Å². The number of carbonyl (C=O) groups excluding carboxylic acids is 1. The van der Waals surface area contributed by atoms with Gasteiger partial charge < -0.3 is 9.64 Å². The van der Waals surface area contributed by atoms with Crippen molar-refractivity contribution in [3.05, 3.63) is 106 Å². The average molecular weight is 500 g/mol. The zero-order valence-corrected chi connectivity index (χ0v) is 20.9. The minimum absolute atomic E-state index is 0.0955. The van der Waals surface area contributed by atoms with Crippen molar-refractivity contribution >= 4 is 16.7 Å². The van der Waals surface area contributed by atoms with Crippen LogP contribution >= 0.6 is 0 Å². The van der Waals surface area contributed by atoms with E-state index in [1.165, 1.54) is 16.8 Å². The highest BCUT2D eigenvalue weighted by atomic mass is 19.1. The van der Waals surface area contributed by atoms with Crippen LogP contribution in [0.4, 0.5) is 4.39 Å². The van der Waals surface area contributed by atoms with Gasteiger partial charge in [-0.1, -0.05) is 55.3 Å². The van der Waals surface area contributed by atoms with Crippen LogP contribution in [0.3, 0.4) is 0 Å². The number of amides is 1. The fraction of sp³-hybridized carbons (Fsp3) is 0.300. The molecule has 0 N–H and O–H groups in total. The molecule has 5 rings (SSSR count). The van der Waals surface area contributed by atoms with Gasteiger partial charge >= 0.3 is 0 Å². The third kappa shape index (κ3) is 5.71. The Morgan fingerprint density at radius 1 is 1.00 bits per heavy atom. The molecule has 1 aliphatic carbocycles. The molecule has 0 spiro atoms. The predicted molar refractivity (Wildman–Crippen MR) is 141 cm³/mol. The van der Waals surface area contributed by atoms with Crippen LogP contribution in [0.15, 0.2) is 77.6 Å². The number of hydrogen-bond acceptors (Lipinski definition) is 4. The van der Waals surface area contributed by atoms with Crippen molar-refractivity contribution < 1.29 is 13.9 Å². The topological polar surface area (TPSA) is 64.4 Å². The fourth-order valence-corrected chi connectivity index (χ4v) is 5.05. The molecule has 1 saturated carbocycles. The first-order valence-corrected chi connectivity index (χ1v) is 12.7. The van der Waals surface area contributed by atoms with Gasteiger partial charge in [-0.2, -0.15) is 5.10 Å². The Labute approximate surface area is 215 Å². The van der Waals surface area contributed by atoms with Gasteiger partial charge in [0, 0.05) is 18.0 Å². The summed E-state index contributed by atoms with van der Waals surface area (Å²) in [6, 6.07) is 21.4. The summed E-state index contributed by atoms with van der Waals surface area (Å²) in [6.45, 7) is 2.51. The van der Waals surface area contributed by atoms with Gasteiger partial charge in [-0.25, -0.2) is 9.07 Å². The monoisotopic (exact) mass is 499 g/mol. The second-order valence-electron chi connectivity index (χ2n) is 9.62. The third-order valence-electron chi connectivity index (χ3n) is 6.99. The second kappa shape index (κ2) is 10.9. The molecule has 1 amide bonds. The van der Waals surface area contributed by atoms with E-state index in [-0.39, 0.29) is 29.9 Å². The lowest BCUT2D eigenvalue weighted by Crippen LogP contribution is -2.42. The maximum Gasteiger partial charge on any atom is 0.275 e. The number of hydrogen-bond donors (Lipinski definition) is 0. The number of carbonyl (C=O) groups is 1. The largest absolute Gasteiger partial charge is 0.489 e. The van der Waals surface area contributed by atoms with Crippen LogP contribution in [0.25, 0.3) is 10.8 Å². The smallest absolute Gasteiger partial charge is 0.275 e. The molecule has 1 aliphatic rings. The number of aromatic nitrogens is 2. The number of ether oxygens (including phenoxy) is 1. The van der Waals surface area contributed by atoms with Crippen LogP contribution in [0.1, 0.15) is 42.5 Å². The van der Waals surface area contributed by atoms with E-state index >= 15 is 0 Å². The van der Waals surface area contributed by atoms with E-state index < -0.39 is 0 Å². The number of rotatable bonds is 8. The summed E-state index contributed by atoms with van der Waals surface area (Å²) in [5.74, 6) is 0.288. The molecule has 1 aromatic heterocycles. The Kier molecular flexibility index (Phi) is 7.30. The number of halogens is 1. The minimum atomic E-state index is -0.279. The summed E-state index contributed by atoms with van der Waals surface area (Å²) in [7, 11) is 0. The molecule has 0 bridgehead atoms. The minimum Gasteiger partial charge on any atom is -0.489 e. The molecule has 1 heterocycles. The van der Waals surface area contributed by atoms with Crippen LogP contribution in [0, 0.1) is 12.7 Å². The first-order valence-electron chi connectivity index (χ1n) is 12.7. The van der Waals surface area contributed by atoms with Gasteiger partial charge in [-0.15, -0.1) is 0 Å². The van der Waals surface area contributed by atoms with E-state index in [4.69, 9.17) is 4.74 Å². The Hall–Kier alpha value is -4.00. The predicted octanol–water partition coefficient (Wildman–Crippen LogP) is 5.39. The number of fused-ring (bicyclic) bond motifs is 1. The van der Waals surface area contributed by atoms with E-state index in [1.807, 2.05) is 54.3 Å². The third-order valence-corrected chi connectivity index (χ3v) is 6.99. The van der Waals surface area contributed by atoms with Crippen molar-refractivity contribution in [2.24, 2.45) is 0 Å². The highest BCUT2D eigenvalue weighted by Gasteiger charge is 2.27. The van der Waals surface area contributed by atoms with Gasteiger partial charge in [-0.05, 0) is 61.2 Å². The van der Waals surface area contributed by atoms with E-state index in [9.17, 15) is 14.0 Å². The van der Waals surface area contributed by atoms with Crippen molar-refractivity contribution in [3.8, 4) is 5.75 Å². The average Bonchev–Trinajstić information content (AvgIpc) is 3.45. The van der Waals surface area contributed by atoms with Crippen LogP contribution < -0.4 is 10.3 Å². The number of nitrogens with zero attached hydrogens (tertiary/aromatic N) is 3. The lowest BCUT2D eigenvalue weighted by molar-refractivity contribution is -0.135. The molecule has 0 saturated heterocycles. The standard InChI is InChI=1S/C30H30FN3O3/c1-21-27-11-4-5-12-28(27)30(36)34(32-21)19-29(35)33(25-8-2-3-9-25)18-23-7-6-10-26(17-23)37-20-22-13-15-24(31)16-14-22/h4-7,10-17,25H,2-3,8-9,18-20H2,1H3. The molecule has 7 heteroatoms. The van der Waals surface area contributed by atoms with Gasteiger partial charge in [0.2, 0.25) is 5.91 Å². The summed E-state index contributed by atoms with van der Waals surface area (Å²) in [4.78, 5) is 28.5. The normalized spacial score (nSPS) is 13.7. The summed E-state index contributed by atoms with van der Waals surface area (Å²) in [5, 5.41) is 5.82. The molecule has 3 aromatic carbocycles. The van der Waals surface area contributed by atoms with Crippen LogP contribution in [-0.2, 0) is 24.5 Å². The summed E-state index contributed by atoms with van der Waals surface area (Å²) >= 11 is 0. The zero-order chi connectivity index (χ0) is 25.8. The maximum atomic E-state index is 13.6. The van der Waals surface area contributed by atoms with Gasteiger partial charge in [-0.3, -0.25) is 9.59 Å². The molecule has 6 nitrogen and oxygen atoms in total. The molecule has 0 aliphatic heterocycles. The van der Waals surface area contributed by atoms with E-state index in [1.54, 1.807) is 18.2 Å². The second-order valence-corrected chi connectivity index (χ2v) is 9.62. The molecule has 0 unspecified atom stereocenters. The van der Waals surface area contributed by atoms with E-state index in [2.05, 4.69) is 5.10 Å². The van der Waals surface area contributed by atoms with Crippen molar-refractivity contribution in [2.75, 3.05) is 0 Å². The fourth-order valence-electron chi connectivity index (χ4n) is 5.05. The molecule has 0 radical (unpaired) electrons. The van der Waals surface area contributed by atoms with Gasteiger partial charge in [0.25, 0.3) is 5.56 Å². The first-order chi connectivity index (χ1) is 18.0. The molecule has 1 fully saturated rings. The molecule has 4 aromatic rings. The van der Waals surface area contributed by atoms with Crippen LogP contribution in [0.2, 0.25) is 0 Å². The van der Waals surface area contributed by atoms with E-state index in [0.29, 0.717) is 24.3 Å². The molecular formula is C30H30FN3O3. The van der Waals surface area contributed by atoms with Gasteiger partial charge in [0.05, 0.1) is 11.1 Å². The molecule has 190 valence electrons. The van der Waals surface area contributed by atoms with Crippen molar-refractivity contribution in [1.82, 2.24) is 14.7 Å². The van der Waals surface area contributed by atoms with Crippen molar-refractivity contribution in [3.63, 3.8) is 0 Å². The van der Waals surface area contributed by atoms with Crippen molar-refractivity contribution in [2.45, 2.75) is 58.3 Å². The van der Waals surface area contributed by atoms with Gasteiger partial charge in [0.15, 0.2) is 0 Å². The Morgan fingerprint density at radius 3 is 2.49 bits per heavy atom.